The van der Waals surface area contributed by atoms with Gasteiger partial charge in [0.2, 0.25) is 0 Å². The molecule has 1 aliphatic carbocycles. The first kappa shape index (κ1) is 11.3. The summed E-state index contributed by atoms with van der Waals surface area (Å²) in [5.41, 5.74) is 1.20. The summed E-state index contributed by atoms with van der Waals surface area (Å²) in [6, 6.07) is 6.17. The second kappa shape index (κ2) is 4.73. The number of hydrogen-bond donors (Lipinski definition) is 1. The van der Waals surface area contributed by atoms with E-state index in [1.54, 1.807) is 0 Å². The second-order valence-corrected chi connectivity index (χ2v) is 5.06. The zero-order chi connectivity index (χ0) is 10.8. The molecule has 1 fully saturated rings. The maximum Gasteiger partial charge on any atom is 0.0595 e. The topological polar surface area (TPSA) is 12.0 Å². The zero-order valence-electron chi connectivity index (χ0n) is 8.76. The fraction of sp³-hybridized carbons (Fsp3) is 0.500. The van der Waals surface area contributed by atoms with Gasteiger partial charge in [-0.15, -0.1) is 0 Å². The van der Waals surface area contributed by atoms with E-state index in [1.807, 2.05) is 18.2 Å². The quantitative estimate of drug-likeness (QED) is 0.842. The van der Waals surface area contributed by atoms with Crippen LogP contribution in [0.2, 0.25) is 10.0 Å². The predicted molar refractivity (Wildman–Crippen MR) is 65.6 cm³/mol. The number of halogens is 2. The zero-order valence-corrected chi connectivity index (χ0v) is 10.3. The highest BCUT2D eigenvalue weighted by molar-refractivity contribution is 6.42. The summed E-state index contributed by atoms with van der Waals surface area (Å²) in [5, 5.41) is 4.76. The summed E-state index contributed by atoms with van der Waals surface area (Å²) in [6.45, 7) is 3.27. The van der Waals surface area contributed by atoms with Crippen LogP contribution in [0.4, 0.5) is 0 Å². The van der Waals surface area contributed by atoms with Gasteiger partial charge in [-0.25, -0.2) is 0 Å². The van der Waals surface area contributed by atoms with Crippen LogP contribution in [0.1, 0.15) is 31.4 Å². The third-order valence-electron chi connectivity index (χ3n) is 2.85. The van der Waals surface area contributed by atoms with Crippen molar-refractivity contribution in [2.75, 3.05) is 6.54 Å². The minimum atomic E-state index is 0.348. The molecule has 0 aliphatic heterocycles. The average molecular weight is 244 g/mol. The Morgan fingerprint density at radius 2 is 2.07 bits per heavy atom. The van der Waals surface area contributed by atoms with Gasteiger partial charge in [0.1, 0.15) is 0 Å². The molecule has 1 saturated carbocycles. The molecule has 1 N–H and O–H groups in total. The van der Waals surface area contributed by atoms with Gasteiger partial charge in [-0.2, -0.15) is 0 Å². The minimum Gasteiger partial charge on any atom is -0.310 e. The Hall–Kier alpha value is -0.240. The van der Waals surface area contributed by atoms with Crippen LogP contribution in [-0.2, 0) is 0 Å². The molecule has 1 aliphatic rings. The molecule has 15 heavy (non-hydrogen) atoms. The maximum atomic E-state index is 5.97. The van der Waals surface area contributed by atoms with Crippen molar-refractivity contribution in [2.45, 2.75) is 25.8 Å². The van der Waals surface area contributed by atoms with Crippen molar-refractivity contribution >= 4 is 23.2 Å². The van der Waals surface area contributed by atoms with Crippen molar-refractivity contribution in [3.8, 4) is 0 Å². The third-order valence-corrected chi connectivity index (χ3v) is 3.59. The molecule has 0 amide bonds. The van der Waals surface area contributed by atoms with E-state index in [2.05, 4.69) is 12.2 Å². The number of nitrogens with one attached hydrogen (secondary N) is 1. The Balaban J connectivity index is 1.97. The van der Waals surface area contributed by atoms with Crippen LogP contribution in [0, 0.1) is 5.92 Å². The van der Waals surface area contributed by atoms with Gasteiger partial charge in [-0.05, 0) is 49.9 Å². The van der Waals surface area contributed by atoms with E-state index in [9.17, 15) is 0 Å². The van der Waals surface area contributed by atoms with Crippen LogP contribution >= 0.6 is 23.2 Å². The summed E-state index contributed by atoms with van der Waals surface area (Å²) >= 11 is 11.8. The fourth-order valence-electron chi connectivity index (χ4n) is 1.56. The molecule has 2 rings (SSSR count). The first-order valence-corrected chi connectivity index (χ1v) is 6.10. The van der Waals surface area contributed by atoms with E-state index in [4.69, 9.17) is 23.2 Å². The summed E-state index contributed by atoms with van der Waals surface area (Å²) in [7, 11) is 0. The molecule has 0 radical (unpaired) electrons. The molecule has 0 heterocycles. The monoisotopic (exact) mass is 243 g/mol. The van der Waals surface area contributed by atoms with Gasteiger partial charge in [-0.3, -0.25) is 0 Å². The lowest BCUT2D eigenvalue weighted by molar-refractivity contribution is 0.549. The van der Waals surface area contributed by atoms with Crippen LogP contribution in [0.25, 0.3) is 0 Å². The summed E-state index contributed by atoms with van der Waals surface area (Å²) < 4.78 is 0. The standard InChI is InChI=1S/C12H15Cl2N/c1-8(15-7-9-2-3-9)10-4-5-11(13)12(14)6-10/h4-6,8-9,15H,2-3,7H2,1H3. The lowest BCUT2D eigenvalue weighted by Gasteiger charge is -2.14. The van der Waals surface area contributed by atoms with E-state index in [-0.39, 0.29) is 0 Å². The maximum absolute atomic E-state index is 5.97. The Bertz CT molecular complexity index is 347. The number of rotatable bonds is 4. The predicted octanol–water partition coefficient (Wildman–Crippen LogP) is 4.05. The SMILES string of the molecule is CC(NCC1CC1)c1ccc(Cl)c(Cl)c1. The first-order valence-electron chi connectivity index (χ1n) is 5.35. The van der Waals surface area contributed by atoms with Gasteiger partial charge < -0.3 is 5.32 Å². The molecule has 3 heteroatoms. The van der Waals surface area contributed by atoms with Crippen molar-refractivity contribution in [2.24, 2.45) is 5.92 Å². The second-order valence-electron chi connectivity index (χ2n) is 4.25. The Labute approximate surface area is 101 Å². The molecule has 1 unspecified atom stereocenters. The highest BCUT2D eigenvalue weighted by Crippen LogP contribution is 2.29. The third kappa shape index (κ3) is 3.10. The molecule has 0 spiro atoms. The van der Waals surface area contributed by atoms with Gasteiger partial charge >= 0.3 is 0 Å². The molecular formula is C12H15Cl2N. The van der Waals surface area contributed by atoms with Gasteiger partial charge in [-0.1, -0.05) is 29.3 Å². The van der Waals surface area contributed by atoms with Gasteiger partial charge in [0.15, 0.2) is 0 Å². The normalized spacial score (nSPS) is 17.8. The summed E-state index contributed by atoms with van der Waals surface area (Å²) in [6.07, 6.45) is 2.75. The van der Waals surface area contributed by atoms with E-state index >= 15 is 0 Å². The molecule has 1 aromatic rings. The van der Waals surface area contributed by atoms with Crippen molar-refractivity contribution in [1.82, 2.24) is 5.32 Å². The van der Waals surface area contributed by atoms with Gasteiger partial charge in [0.05, 0.1) is 10.0 Å². The molecular weight excluding hydrogens is 229 g/mol. The lowest BCUT2D eigenvalue weighted by Crippen LogP contribution is -2.20. The molecule has 1 nitrogen and oxygen atoms in total. The minimum absolute atomic E-state index is 0.348. The number of hydrogen-bond acceptors (Lipinski definition) is 1. The molecule has 0 bridgehead atoms. The summed E-state index contributed by atoms with van der Waals surface area (Å²) in [5.74, 6) is 0.898. The van der Waals surface area contributed by atoms with Crippen molar-refractivity contribution in [3.63, 3.8) is 0 Å². The van der Waals surface area contributed by atoms with E-state index in [0.717, 1.165) is 12.5 Å². The molecule has 82 valence electrons. The molecule has 0 saturated heterocycles. The lowest BCUT2D eigenvalue weighted by atomic mass is 10.1. The van der Waals surface area contributed by atoms with E-state index < -0.39 is 0 Å². The van der Waals surface area contributed by atoms with E-state index in [1.165, 1.54) is 18.4 Å². The van der Waals surface area contributed by atoms with Crippen LogP contribution < -0.4 is 5.32 Å². The van der Waals surface area contributed by atoms with Crippen molar-refractivity contribution in [1.29, 1.82) is 0 Å². The van der Waals surface area contributed by atoms with Crippen molar-refractivity contribution < 1.29 is 0 Å². The molecule has 0 aromatic heterocycles. The molecule has 1 aromatic carbocycles. The smallest absolute Gasteiger partial charge is 0.0595 e. The van der Waals surface area contributed by atoms with Gasteiger partial charge in [0.25, 0.3) is 0 Å². The fourth-order valence-corrected chi connectivity index (χ4v) is 1.87. The van der Waals surface area contributed by atoms with E-state index in [0.29, 0.717) is 16.1 Å². The Morgan fingerprint density at radius 1 is 1.33 bits per heavy atom. The van der Waals surface area contributed by atoms with Crippen molar-refractivity contribution in [3.05, 3.63) is 33.8 Å². The average Bonchev–Trinajstić information content (AvgIpc) is 3.02. The van der Waals surface area contributed by atoms with Crippen LogP contribution in [-0.4, -0.2) is 6.54 Å². The highest BCUT2D eigenvalue weighted by atomic mass is 35.5. The Morgan fingerprint density at radius 3 is 2.67 bits per heavy atom. The Kier molecular flexibility index (Phi) is 3.55. The number of benzene rings is 1. The van der Waals surface area contributed by atoms with Gasteiger partial charge in [0, 0.05) is 6.04 Å². The van der Waals surface area contributed by atoms with Crippen LogP contribution in [0.3, 0.4) is 0 Å². The van der Waals surface area contributed by atoms with Crippen LogP contribution in [0.5, 0.6) is 0 Å². The summed E-state index contributed by atoms with van der Waals surface area (Å²) in [4.78, 5) is 0. The highest BCUT2D eigenvalue weighted by Gasteiger charge is 2.21. The first-order chi connectivity index (χ1) is 7.16. The molecule has 1 atom stereocenters. The largest absolute Gasteiger partial charge is 0.310 e. The van der Waals surface area contributed by atoms with Crippen LogP contribution in [0.15, 0.2) is 18.2 Å².